The van der Waals surface area contributed by atoms with E-state index in [2.05, 4.69) is 36.7 Å². The molecule has 0 spiro atoms. The molecule has 5 N–H and O–H groups in total. The van der Waals surface area contributed by atoms with Gasteiger partial charge < -0.3 is 44.7 Å². The molecule has 4 amide bonds. The molecule has 2 aliphatic rings. The first-order chi connectivity index (χ1) is 32.1. The summed E-state index contributed by atoms with van der Waals surface area (Å²) >= 11 is 0. The summed E-state index contributed by atoms with van der Waals surface area (Å²) in [5, 5.41) is 21.9. The van der Waals surface area contributed by atoms with Gasteiger partial charge in [-0.3, -0.25) is 33.9 Å². The Bertz CT molecular complexity index is 2300. The standard InChI is InChI=1S/C49H62N8O10/c1-32(2)24-40(48(63)54-41(25-36-14-10-7-11-15-36)47(62)51-33(3)45(60)49(5)31-66-49)53-46(61)39(18-16-35-12-8-6-9-13-35)52-44(59)29-57(20-22-64-23-21-57)28-37-17-19-42(67-34(4)58)43(26-37)65-30-38-27-50-56-55-38/h6-15,17,19,26-27,32-33,39-41H,16,18,20-25,28-31H2,1-5H3,(H4-,50,51,52,53,54,55,56,59,61,62,63)/p+1/t33-,39-,40-,41-,49+/m0/s1. The summed E-state index contributed by atoms with van der Waals surface area (Å²) in [6.45, 7) is 11.0. The summed E-state index contributed by atoms with van der Waals surface area (Å²) in [5.41, 5.74) is 2.15. The maximum atomic E-state index is 14.5. The number of ketones is 1. The molecule has 6 rings (SSSR count). The van der Waals surface area contributed by atoms with Crippen LogP contribution in [-0.2, 0) is 64.2 Å². The van der Waals surface area contributed by atoms with Gasteiger partial charge in [-0.1, -0.05) is 79.7 Å². The highest BCUT2D eigenvalue weighted by atomic mass is 16.6. The monoisotopic (exact) mass is 923 g/mol. The zero-order valence-electron chi connectivity index (χ0n) is 38.9. The summed E-state index contributed by atoms with van der Waals surface area (Å²) in [6, 6.07) is 20.0. The zero-order valence-corrected chi connectivity index (χ0v) is 38.9. The number of Topliss-reactive ketones (excluding diaryl/α,β-unsaturated/α-hetero) is 1. The molecule has 0 radical (unpaired) electrons. The average molecular weight is 924 g/mol. The minimum absolute atomic E-state index is 0.0116. The van der Waals surface area contributed by atoms with Gasteiger partial charge in [-0.2, -0.15) is 0 Å². The van der Waals surface area contributed by atoms with Crippen LogP contribution < -0.4 is 30.7 Å². The number of aromatic amines is 1. The number of hydrogen-bond acceptors (Lipinski definition) is 12. The number of amides is 4. The van der Waals surface area contributed by atoms with Gasteiger partial charge in [-0.05, 0) is 68.4 Å². The van der Waals surface area contributed by atoms with Gasteiger partial charge in [0.2, 0.25) is 17.7 Å². The van der Waals surface area contributed by atoms with E-state index in [4.69, 9.17) is 18.9 Å². The Kier molecular flexibility index (Phi) is 17.4. The molecule has 0 saturated carbocycles. The molecule has 2 fully saturated rings. The van der Waals surface area contributed by atoms with E-state index in [1.165, 1.54) is 6.92 Å². The minimum Gasteiger partial charge on any atom is -0.483 e. The maximum Gasteiger partial charge on any atom is 0.308 e. The Balaban J connectivity index is 1.19. The number of quaternary nitrogens is 1. The SMILES string of the molecule is CC(=O)Oc1ccc(C[N+]2(CC(=O)N[C@@H](CCc3ccccc3)C(=O)N[C@@H](CC(C)C)C(=O)N[C@@H](Cc3ccccc3)C(=O)N[C@@H](C)C(=O)[C@@]3(C)CO3)CCOCC2)cc1OCc1c[nH]nn1. The van der Waals surface area contributed by atoms with Crippen LogP contribution in [0, 0.1) is 5.92 Å². The number of aromatic nitrogens is 3. The van der Waals surface area contributed by atoms with Gasteiger partial charge in [0.05, 0.1) is 25.9 Å². The number of ether oxygens (including phenoxy) is 4. The number of epoxide rings is 1. The number of rotatable bonds is 24. The second-order valence-corrected chi connectivity index (χ2v) is 18.0. The predicted octanol–water partition coefficient (Wildman–Crippen LogP) is 2.89. The summed E-state index contributed by atoms with van der Waals surface area (Å²) in [5.74, 6) is -2.32. The van der Waals surface area contributed by atoms with Gasteiger partial charge in [0, 0.05) is 25.1 Å². The smallest absolute Gasteiger partial charge is 0.308 e. The number of H-pyrrole nitrogens is 1. The van der Waals surface area contributed by atoms with Crippen LogP contribution >= 0.6 is 0 Å². The van der Waals surface area contributed by atoms with Crippen LogP contribution in [-0.4, -0.2) is 124 Å². The molecule has 0 unspecified atom stereocenters. The first-order valence-corrected chi connectivity index (χ1v) is 22.8. The highest BCUT2D eigenvalue weighted by Gasteiger charge is 2.49. The Morgan fingerprint density at radius 2 is 1.43 bits per heavy atom. The Morgan fingerprint density at radius 1 is 0.791 bits per heavy atom. The van der Waals surface area contributed by atoms with E-state index in [0.717, 1.165) is 16.7 Å². The third-order valence-corrected chi connectivity index (χ3v) is 11.8. The van der Waals surface area contributed by atoms with Crippen LogP contribution in [0.2, 0.25) is 0 Å². The Labute approximate surface area is 390 Å². The quantitative estimate of drug-likeness (QED) is 0.0296. The van der Waals surface area contributed by atoms with Gasteiger partial charge in [-0.25, -0.2) is 0 Å². The summed E-state index contributed by atoms with van der Waals surface area (Å²) in [4.78, 5) is 81.8. The van der Waals surface area contributed by atoms with Crippen molar-refractivity contribution < 1.29 is 52.2 Å². The molecule has 2 aliphatic heterocycles. The number of carbonyl (C=O) groups is 6. The molecule has 358 valence electrons. The van der Waals surface area contributed by atoms with Crippen LogP contribution in [0.4, 0.5) is 0 Å². The van der Waals surface area contributed by atoms with Crippen molar-refractivity contribution in [2.24, 2.45) is 5.92 Å². The lowest BCUT2D eigenvalue weighted by Crippen LogP contribution is -2.61. The lowest BCUT2D eigenvalue weighted by atomic mass is 9.99. The van der Waals surface area contributed by atoms with E-state index >= 15 is 0 Å². The molecule has 5 atom stereocenters. The van der Waals surface area contributed by atoms with Crippen molar-refractivity contribution >= 4 is 35.4 Å². The lowest BCUT2D eigenvalue weighted by molar-refractivity contribution is -0.940. The van der Waals surface area contributed by atoms with Gasteiger partial charge in [0.15, 0.2) is 23.8 Å². The van der Waals surface area contributed by atoms with Crippen molar-refractivity contribution in [2.45, 2.75) is 103 Å². The fourth-order valence-electron chi connectivity index (χ4n) is 8.10. The number of nitrogens with one attached hydrogen (secondary N) is 5. The van der Waals surface area contributed by atoms with E-state index in [1.807, 2.05) is 80.6 Å². The van der Waals surface area contributed by atoms with Crippen LogP contribution in [0.3, 0.4) is 0 Å². The summed E-state index contributed by atoms with van der Waals surface area (Å²) < 4.78 is 22.8. The van der Waals surface area contributed by atoms with Gasteiger partial charge in [0.25, 0.3) is 5.91 Å². The van der Waals surface area contributed by atoms with Crippen molar-refractivity contribution in [3.63, 3.8) is 0 Å². The molecule has 0 bridgehead atoms. The fraction of sp³-hybridized carbons (Fsp3) is 0.469. The third kappa shape index (κ3) is 15.0. The van der Waals surface area contributed by atoms with Crippen molar-refractivity contribution in [2.75, 3.05) is 39.5 Å². The van der Waals surface area contributed by atoms with Crippen molar-refractivity contribution in [1.29, 1.82) is 0 Å². The van der Waals surface area contributed by atoms with E-state index in [9.17, 15) is 28.8 Å². The van der Waals surface area contributed by atoms with Crippen molar-refractivity contribution in [3.05, 3.63) is 107 Å². The molecule has 18 heteroatoms. The topological polar surface area (TPSA) is 232 Å². The largest absolute Gasteiger partial charge is 0.483 e. The first-order valence-electron chi connectivity index (χ1n) is 22.8. The normalized spacial score (nSPS) is 18.1. The van der Waals surface area contributed by atoms with Gasteiger partial charge in [0.1, 0.15) is 55.7 Å². The summed E-state index contributed by atoms with van der Waals surface area (Å²) in [7, 11) is 0. The van der Waals surface area contributed by atoms with E-state index in [-0.39, 0.29) is 62.4 Å². The Hall–Kier alpha value is -6.50. The molecule has 2 saturated heterocycles. The maximum absolute atomic E-state index is 14.5. The molecular weight excluding hydrogens is 861 g/mol. The third-order valence-electron chi connectivity index (χ3n) is 11.8. The number of aryl methyl sites for hydroxylation is 1. The second-order valence-electron chi connectivity index (χ2n) is 18.0. The number of carbonyl (C=O) groups excluding carboxylic acids is 6. The molecule has 4 aromatic rings. The average Bonchev–Trinajstić information content (AvgIpc) is 3.83. The van der Waals surface area contributed by atoms with E-state index < -0.39 is 53.5 Å². The van der Waals surface area contributed by atoms with Crippen molar-refractivity contribution in [1.82, 2.24) is 36.7 Å². The molecule has 18 nitrogen and oxygen atoms in total. The second kappa shape index (κ2) is 23.3. The molecule has 1 aromatic heterocycles. The lowest BCUT2D eigenvalue weighted by Gasteiger charge is -2.41. The van der Waals surface area contributed by atoms with E-state index in [1.54, 1.807) is 32.2 Å². The number of benzene rings is 3. The Morgan fingerprint density at radius 3 is 2.06 bits per heavy atom. The molecular formula is C49H63N8O10+. The fourth-order valence-corrected chi connectivity index (χ4v) is 8.10. The molecule has 3 heterocycles. The molecule has 3 aromatic carbocycles. The number of hydrogen-bond donors (Lipinski definition) is 5. The predicted molar refractivity (Wildman–Crippen MR) is 245 cm³/mol. The zero-order chi connectivity index (χ0) is 48.0. The number of nitrogens with zero attached hydrogens (tertiary/aromatic N) is 3. The van der Waals surface area contributed by atoms with Crippen LogP contribution in [0.25, 0.3) is 0 Å². The van der Waals surface area contributed by atoms with Gasteiger partial charge >= 0.3 is 5.97 Å². The van der Waals surface area contributed by atoms with Crippen LogP contribution in [0.15, 0.2) is 85.1 Å². The minimum atomic E-state index is -1.08. The molecule has 67 heavy (non-hydrogen) atoms. The molecule has 0 aliphatic carbocycles. The van der Waals surface area contributed by atoms with Crippen molar-refractivity contribution in [3.8, 4) is 11.5 Å². The highest BCUT2D eigenvalue weighted by Crippen LogP contribution is 2.31. The highest BCUT2D eigenvalue weighted by molar-refractivity contribution is 5.98. The van der Waals surface area contributed by atoms with E-state index in [0.29, 0.717) is 55.2 Å². The van der Waals surface area contributed by atoms with Gasteiger partial charge in [-0.15, -0.1) is 5.10 Å². The number of esters is 1. The number of morpholine rings is 1. The van der Waals surface area contributed by atoms with Crippen LogP contribution in [0.5, 0.6) is 11.5 Å². The van der Waals surface area contributed by atoms with Crippen LogP contribution in [0.1, 0.15) is 69.8 Å². The summed E-state index contributed by atoms with van der Waals surface area (Å²) in [6.07, 6.45) is 2.65. The first kappa shape index (κ1) is 49.9.